The first-order valence-corrected chi connectivity index (χ1v) is 7.35. The third kappa shape index (κ3) is 4.53. The molecule has 1 N–H and O–H groups in total. The number of hydrogen-bond donors (Lipinski definition) is 1. The molecule has 0 unspecified atom stereocenters. The first kappa shape index (κ1) is 15.4. The molecule has 2 aromatic heterocycles. The van der Waals surface area contributed by atoms with Gasteiger partial charge in [0.25, 0.3) is 0 Å². The number of hydrogen-bond acceptors (Lipinski definition) is 4. The van der Waals surface area contributed by atoms with Crippen molar-refractivity contribution < 1.29 is 0 Å². The molecule has 0 aliphatic heterocycles. The molecule has 112 valence electrons. The lowest BCUT2D eigenvalue weighted by atomic mass is 10.2. The van der Waals surface area contributed by atoms with E-state index in [1.807, 2.05) is 18.5 Å². The Balaban J connectivity index is 2.06. The van der Waals surface area contributed by atoms with Gasteiger partial charge in [0.2, 0.25) is 0 Å². The summed E-state index contributed by atoms with van der Waals surface area (Å²) in [5.74, 6) is 1.02. The van der Waals surface area contributed by atoms with Crippen molar-refractivity contribution >= 4 is 5.82 Å². The molecular formula is C17H24N4. The van der Waals surface area contributed by atoms with E-state index < -0.39 is 0 Å². The van der Waals surface area contributed by atoms with E-state index in [1.54, 1.807) is 6.20 Å². The second-order valence-electron chi connectivity index (χ2n) is 5.74. The molecule has 0 spiro atoms. The number of anilines is 1. The molecule has 4 nitrogen and oxygen atoms in total. The smallest absolute Gasteiger partial charge is 0.131 e. The zero-order valence-electron chi connectivity index (χ0n) is 13.3. The number of rotatable bonds is 6. The van der Waals surface area contributed by atoms with Gasteiger partial charge in [-0.1, -0.05) is 19.9 Å². The van der Waals surface area contributed by atoms with Crippen LogP contribution in [0.5, 0.6) is 0 Å². The van der Waals surface area contributed by atoms with Gasteiger partial charge in [-0.05, 0) is 35.7 Å². The van der Waals surface area contributed by atoms with Gasteiger partial charge in [0, 0.05) is 44.8 Å². The molecular weight excluding hydrogens is 260 g/mol. The quantitative estimate of drug-likeness (QED) is 0.885. The Labute approximate surface area is 127 Å². The number of nitrogens with one attached hydrogen (secondary N) is 1. The monoisotopic (exact) mass is 284 g/mol. The van der Waals surface area contributed by atoms with Crippen molar-refractivity contribution in [2.24, 2.45) is 0 Å². The van der Waals surface area contributed by atoms with Crippen molar-refractivity contribution in [1.82, 2.24) is 15.3 Å². The van der Waals surface area contributed by atoms with Gasteiger partial charge in [-0.25, -0.2) is 4.98 Å². The molecule has 2 aromatic rings. The van der Waals surface area contributed by atoms with Crippen LogP contribution < -0.4 is 10.2 Å². The van der Waals surface area contributed by atoms with Crippen molar-refractivity contribution in [1.29, 1.82) is 0 Å². The molecule has 0 amide bonds. The van der Waals surface area contributed by atoms with E-state index in [0.29, 0.717) is 6.04 Å². The summed E-state index contributed by atoms with van der Waals surface area (Å²) in [4.78, 5) is 10.9. The Morgan fingerprint density at radius 3 is 2.67 bits per heavy atom. The Kier molecular flexibility index (Phi) is 5.28. The lowest BCUT2D eigenvalue weighted by Crippen LogP contribution is -2.23. The molecule has 4 heteroatoms. The predicted molar refractivity (Wildman–Crippen MR) is 87.3 cm³/mol. The average Bonchev–Trinajstić information content (AvgIpc) is 2.46. The average molecular weight is 284 g/mol. The molecule has 0 bridgehead atoms. The van der Waals surface area contributed by atoms with Gasteiger partial charge in [-0.2, -0.15) is 0 Å². The Bertz CT molecular complexity index is 566. The summed E-state index contributed by atoms with van der Waals surface area (Å²) >= 11 is 0. The molecule has 0 aromatic carbocycles. The number of pyridine rings is 2. The number of nitrogens with zero attached hydrogens (tertiary/aromatic N) is 3. The highest BCUT2D eigenvalue weighted by Crippen LogP contribution is 2.18. The molecule has 21 heavy (non-hydrogen) atoms. The van der Waals surface area contributed by atoms with Crippen LogP contribution in [0.3, 0.4) is 0 Å². The highest BCUT2D eigenvalue weighted by atomic mass is 15.2. The van der Waals surface area contributed by atoms with Crippen molar-refractivity contribution in [3.8, 4) is 0 Å². The van der Waals surface area contributed by atoms with Gasteiger partial charge in [0.1, 0.15) is 5.82 Å². The summed E-state index contributed by atoms with van der Waals surface area (Å²) in [6.45, 7) is 8.08. The molecule has 0 aliphatic carbocycles. The van der Waals surface area contributed by atoms with Gasteiger partial charge >= 0.3 is 0 Å². The highest BCUT2D eigenvalue weighted by molar-refractivity contribution is 5.47. The summed E-state index contributed by atoms with van der Waals surface area (Å²) in [5.41, 5.74) is 3.61. The normalized spacial score (nSPS) is 10.9. The minimum atomic E-state index is 0.484. The molecule has 2 heterocycles. The SMILES string of the molecule is Cc1cc(CNC(C)C)cnc1N(C)Cc1cccnc1. The Morgan fingerprint density at radius 2 is 2.05 bits per heavy atom. The fourth-order valence-corrected chi connectivity index (χ4v) is 2.28. The molecule has 0 atom stereocenters. The van der Waals surface area contributed by atoms with Gasteiger partial charge in [-0.3, -0.25) is 4.98 Å². The van der Waals surface area contributed by atoms with Gasteiger partial charge < -0.3 is 10.2 Å². The summed E-state index contributed by atoms with van der Waals surface area (Å²) in [6.07, 6.45) is 5.65. The van der Waals surface area contributed by atoms with Crippen LogP contribution in [-0.2, 0) is 13.1 Å². The fourth-order valence-electron chi connectivity index (χ4n) is 2.28. The first-order valence-electron chi connectivity index (χ1n) is 7.35. The van der Waals surface area contributed by atoms with Crippen LogP contribution in [0.1, 0.15) is 30.5 Å². The molecule has 0 aliphatic rings. The minimum absolute atomic E-state index is 0.484. The van der Waals surface area contributed by atoms with Gasteiger partial charge in [0.05, 0.1) is 0 Å². The van der Waals surface area contributed by atoms with Crippen LogP contribution >= 0.6 is 0 Å². The van der Waals surface area contributed by atoms with Crippen LogP contribution in [0.15, 0.2) is 36.8 Å². The van der Waals surface area contributed by atoms with E-state index in [9.17, 15) is 0 Å². The van der Waals surface area contributed by atoms with Crippen molar-refractivity contribution in [3.63, 3.8) is 0 Å². The predicted octanol–water partition coefficient (Wildman–Crippen LogP) is 2.92. The maximum absolute atomic E-state index is 4.62. The summed E-state index contributed by atoms with van der Waals surface area (Å²) < 4.78 is 0. The number of aryl methyl sites for hydroxylation is 1. The third-order valence-corrected chi connectivity index (χ3v) is 3.33. The Morgan fingerprint density at radius 1 is 1.24 bits per heavy atom. The van der Waals surface area contributed by atoms with Crippen molar-refractivity contribution in [2.45, 2.75) is 39.9 Å². The molecule has 0 saturated heterocycles. The number of aromatic nitrogens is 2. The van der Waals surface area contributed by atoms with E-state index in [4.69, 9.17) is 0 Å². The zero-order chi connectivity index (χ0) is 15.2. The van der Waals surface area contributed by atoms with E-state index >= 15 is 0 Å². The minimum Gasteiger partial charge on any atom is -0.355 e. The van der Waals surface area contributed by atoms with Crippen LogP contribution in [0.25, 0.3) is 0 Å². The van der Waals surface area contributed by atoms with Crippen LogP contribution in [-0.4, -0.2) is 23.1 Å². The van der Waals surface area contributed by atoms with Crippen LogP contribution in [0.4, 0.5) is 5.82 Å². The standard InChI is InChI=1S/C17H24N4/c1-13(2)19-10-16-8-14(3)17(20-11-16)21(4)12-15-6-5-7-18-9-15/h5-9,11,13,19H,10,12H2,1-4H3. The van der Waals surface area contributed by atoms with Gasteiger partial charge in [0.15, 0.2) is 0 Å². The van der Waals surface area contributed by atoms with E-state index in [1.165, 1.54) is 16.7 Å². The molecule has 2 rings (SSSR count). The lowest BCUT2D eigenvalue weighted by Gasteiger charge is -2.20. The first-order chi connectivity index (χ1) is 10.1. The summed E-state index contributed by atoms with van der Waals surface area (Å²) in [6, 6.07) is 6.74. The van der Waals surface area contributed by atoms with E-state index in [0.717, 1.165) is 18.9 Å². The van der Waals surface area contributed by atoms with E-state index in [-0.39, 0.29) is 0 Å². The molecule has 0 radical (unpaired) electrons. The second-order valence-corrected chi connectivity index (χ2v) is 5.74. The summed E-state index contributed by atoms with van der Waals surface area (Å²) in [5, 5.41) is 3.42. The molecule has 0 fully saturated rings. The fraction of sp³-hybridized carbons (Fsp3) is 0.412. The summed E-state index contributed by atoms with van der Waals surface area (Å²) in [7, 11) is 2.06. The molecule has 0 saturated carbocycles. The lowest BCUT2D eigenvalue weighted by molar-refractivity contribution is 0.587. The van der Waals surface area contributed by atoms with Gasteiger partial charge in [-0.15, -0.1) is 0 Å². The Hall–Kier alpha value is -1.94. The third-order valence-electron chi connectivity index (χ3n) is 3.33. The highest BCUT2D eigenvalue weighted by Gasteiger charge is 2.08. The zero-order valence-corrected chi connectivity index (χ0v) is 13.3. The second kappa shape index (κ2) is 7.18. The largest absolute Gasteiger partial charge is 0.355 e. The van der Waals surface area contributed by atoms with Crippen LogP contribution in [0.2, 0.25) is 0 Å². The van der Waals surface area contributed by atoms with Crippen molar-refractivity contribution in [3.05, 3.63) is 53.5 Å². The maximum atomic E-state index is 4.62. The topological polar surface area (TPSA) is 41.1 Å². The maximum Gasteiger partial charge on any atom is 0.131 e. The van der Waals surface area contributed by atoms with E-state index in [2.05, 4.69) is 60.1 Å². The van der Waals surface area contributed by atoms with Crippen LogP contribution in [0, 0.1) is 6.92 Å². The van der Waals surface area contributed by atoms with Crippen molar-refractivity contribution in [2.75, 3.05) is 11.9 Å².